The maximum atomic E-state index is 12.4. The number of carbonyl (C=O) groups is 4. The van der Waals surface area contributed by atoms with Gasteiger partial charge in [-0.05, 0) is 48.9 Å². The highest BCUT2D eigenvalue weighted by Crippen LogP contribution is 2.24. The lowest BCUT2D eigenvalue weighted by Crippen LogP contribution is -2.33. The van der Waals surface area contributed by atoms with Crippen molar-refractivity contribution in [3.63, 3.8) is 0 Å². The summed E-state index contributed by atoms with van der Waals surface area (Å²) in [6, 6.07) is 9.70. The number of hydrogen-bond acceptors (Lipinski definition) is 4. The van der Waals surface area contributed by atoms with Crippen LogP contribution < -0.4 is 10.6 Å². The largest absolute Gasteiger partial charge is 0.343 e. The quantitative estimate of drug-likeness (QED) is 0.516. The van der Waals surface area contributed by atoms with Gasteiger partial charge in [0, 0.05) is 22.3 Å². The van der Waals surface area contributed by atoms with Gasteiger partial charge < -0.3 is 10.6 Å². The number of imide groups is 1. The first-order valence-electron chi connectivity index (χ1n) is 8.77. The Labute approximate surface area is 175 Å². The van der Waals surface area contributed by atoms with E-state index in [1.807, 2.05) is 13.0 Å². The zero-order valence-electron chi connectivity index (χ0n) is 15.6. The summed E-state index contributed by atoms with van der Waals surface area (Å²) >= 11 is 3.36. The number of anilines is 1. The van der Waals surface area contributed by atoms with Crippen LogP contribution in [-0.4, -0.2) is 41.6 Å². The fraction of sp³-hybridized carbons (Fsp3) is 0.143. The molecule has 3 rings (SSSR count). The van der Waals surface area contributed by atoms with Crippen LogP contribution >= 0.6 is 15.9 Å². The summed E-state index contributed by atoms with van der Waals surface area (Å²) < 4.78 is 0.901. The number of rotatable bonds is 6. The smallest absolute Gasteiger partial charge is 0.261 e. The van der Waals surface area contributed by atoms with Gasteiger partial charge in [-0.1, -0.05) is 22.0 Å². The zero-order chi connectivity index (χ0) is 21.1. The third-order valence-electron chi connectivity index (χ3n) is 4.42. The highest BCUT2D eigenvalue weighted by Gasteiger charge is 2.35. The lowest BCUT2D eigenvalue weighted by molar-refractivity contribution is -0.115. The molecule has 2 N–H and O–H groups in total. The fourth-order valence-corrected chi connectivity index (χ4v) is 3.43. The molecule has 0 aromatic heterocycles. The van der Waals surface area contributed by atoms with Crippen molar-refractivity contribution in [2.45, 2.75) is 6.92 Å². The molecule has 148 valence electrons. The molecule has 1 aliphatic rings. The van der Waals surface area contributed by atoms with Gasteiger partial charge in [-0.25, -0.2) is 0 Å². The van der Waals surface area contributed by atoms with Gasteiger partial charge in [0.05, 0.1) is 17.7 Å². The van der Waals surface area contributed by atoms with E-state index in [1.54, 1.807) is 12.1 Å². The minimum absolute atomic E-state index is 0.101. The lowest BCUT2D eigenvalue weighted by atomic mass is 10.1. The summed E-state index contributed by atoms with van der Waals surface area (Å²) in [6.45, 7) is 5.26. The van der Waals surface area contributed by atoms with E-state index in [4.69, 9.17) is 0 Å². The molecule has 7 nitrogen and oxygen atoms in total. The number of halogens is 1. The van der Waals surface area contributed by atoms with Gasteiger partial charge in [0.25, 0.3) is 17.7 Å². The Bertz CT molecular complexity index is 1050. The Morgan fingerprint density at radius 1 is 1.10 bits per heavy atom. The lowest BCUT2D eigenvalue weighted by Gasteiger charge is -2.10. The second kappa shape index (κ2) is 8.40. The minimum atomic E-state index is -0.516. The Morgan fingerprint density at radius 2 is 1.83 bits per heavy atom. The van der Waals surface area contributed by atoms with Crippen molar-refractivity contribution < 1.29 is 19.2 Å². The average molecular weight is 456 g/mol. The van der Waals surface area contributed by atoms with Gasteiger partial charge in [-0.15, -0.1) is 6.58 Å². The molecule has 0 saturated carbocycles. The van der Waals surface area contributed by atoms with Gasteiger partial charge in [0.2, 0.25) is 5.91 Å². The van der Waals surface area contributed by atoms with Crippen LogP contribution in [0, 0.1) is 6.92 Å². The number of benzene rings is 2. The molecular formula is C21H18BrN3O4. The predicted octanol–water partition coefficient (Wildman–Crippen LogP) is 2.91. The van der Waals surface area contributed by atoms with E-state index in [2.05, 4.69) is 33.1 Å². The summed E-state index contributed by atoms with van der Waals surface area (Å²) in [5.41, 5.74) is 2.13. The van der Waals surface area contributed by atoms with Crippen LogP contribution in [0.3, 0.4) is 0 Å². The predicted molar refractivity (Wildman–Crippen MR) is 112 cm³/mol. The van der Waals surface area contributed by atoms with Crippen molar-refractivity contribution >= 4 is 45.2 Å². The number of nitrogens with zero attached hydrogens (tertiary/aromatic N) is 1. The van der Waals surface area contributed by atoms with Gasteiger partial charge in [0.1, 0.15) is 0 Å². The van der Waals surface area contributed by atoms with Crippen molar-refractivity contribution in [2.75, 3.05) is 18.4 Å². The van der Waals surface area contributed by atoms with Gasteiger partial charge in [-0.3, -0.25) is 24.1 Å². The van der Waals surface area contributed by atoms with Gasteiger partial charge in [0.15, 0.2) is 0 Å². The van der Waals surface area contributed by atoms with Crippen molar-refractivity contribution in [1.29, 1.82) is 0 Å². The monoisotopic (exact) mass is 455 g/mol. The number of hydrogen-bond donors (Lipinski definition) is 2. The van der Waals surface area contributed by atoms with Crippen LogP contribution in [0.1, 0.15) is 36.6 Å². The van der Waals surface area contributed by atoms with Crippen molar-refractivity contribution in [1.82, 2.24) is 10.2 Å². The zero-order valence-corrected chi connectivity index (χ0v) is 17.2. The van der Waals surface area contributed by atoms with Gasteiger partial charge in [-0.2, -0.15) is 0 Å². The SMILES string of the molecule is C=CCN1C(=O)c2ccc(C(=O)NCC(=O)Nc3ccc(Br)cc3C)cc2C1=O. The second-order valence-corrected chi connectivity index (χ2v) is 7.38. The Balaban J connectivity index is 1.65. The van der Waals surface area contributed by atoms with E-state index in [1.165, 1.54) is 24.3 Å². The van der Waals surface area contributed by atoms with E-state index in [9.17, 15) is 19.2 Å². The van der Waals surface area contributed by atoms with Crippen LogP contribution in [0.2, 0.25) is 0 Å². The summed E-state index contributed by atoms with van der Waals surface area (Å²) in [7, 11) is 0. The molecule has 1 aliphatic heterocycles. The normalized spacial score (nSPS) is 12.6. The first-order valence-corrected chi connectivity index (χ1v) is 9.56. The highest BCUT2D eigenvalue weighted by atomic mass is 79.9. The molecule has 1 heterocycles. The summed E-state index contributed by atoms with van der Waals surface area (Å²) in [4.78, 5) is 50.1. The number of amides is 4. The molecule has 0 saturated heterocycles. The van der Waals surface area contributed by atoms with E-state index in [0.29, 0.717) is 5.69 Å². The Hall–Kier alpha value is -3.26. The van der Waals surface area contributed by atoms with E-state index in [-0.39, 0.29) is 35.7 Å². The minimum Gasteiger partial charge on any atom is -0.343 e. The standard InChI is InChI=1S/C21H18BrN3O4/c1-3-8-25-20(28)15-6-4-13(10-16(15)21(25)29)19(27)23-11-18(26)24-17-7-5-14(22)9-12(17)2/h3-7,9-10H,1,8,11H2,2H3,(H,23,27)(H,24,26). The molecular weight excluding hydrogens is 438 g/mol. The third-order valence-corrected chi connectivity index (χ3v) is 4.91. The molecule has 0 aliphatic carbocycles. The molecule has 8 heteroatoms. The molecule has 29 heavy (non-hydrogen) atoms. The first kappa shape index (κ1) is 20.5. The van der Waals surface area contributed by atoms with Crippen LogP contribution in [0.25, 0.3) is 0 Å². The average Bonchev–Trinajstić information content (AvgIpc) is 2.93. The Kier molecular flexibility index (Phi) is 5.93. The number of carbonyl (C=O) groups excluding carboxylic acids is 4. The maximum Gasteiger partial charge on any atom is 0.261 e. The second-order valence-electron chi connectivity index (χ2n) is 6.46. The van der Waals surface area contributed by atoms with Crippen LogP contribution in [-0.2, 0) is 4.79 Å². The molecule has 0 fully saturated rings. The van der Waals surface area contributed by atoms with Crippen molar-refractivity contribution in [3.05, 3.63) is 75.8 Å². The number of aryl methyl sites for hydroxylation is 1. The summed E-state index contributed by atoms with van der Waals surface area (Å²) in [6.07, 6.45) is 1.46. The topological polar surface area (TPSA) is 95.6 Å². The molecule has 4 amide bonds. The number of nitrogens with one attached hydrogen (secondary N) is 2. The molecule has 0 spiro atoms. The molecule has 0 unspecified atom stereocenters. The van der Waals surface area contributed by atoms with Crippen LogP contribution in [0.4, 0.5) is 5.69 Å². The number of fused-ring (bicyclic) bond motifs is 1. The first-order chi connectivity index (χ1) is 13.8. The molecule has 2 aromatic rings. The van der Waals surface area contributed by atoms with E-state index >= 15 is 0 Å². The Morgan fingerprint density at radius 3 is 2.52 bits per heavy atom. The van der Waals surface area contributed by atoms with Crippen molar-refractivity contribution in [3.8, 4) is 0 Å². The molecule has 0 atom stereocenters. The fourth-order valence-electron chi connectivity index (χ4n) is 2.95. The van der Waals surface area contributed by atoms with Crippen LogP contribution in [0.5, 0.6) is 0 Å². The molecule has 0 bridgehead atoms. The maximum absolute atomic E-state index is 12.4. The van der Waals surface area contributed by atoms with E-state index < -0.39 is 17.7 Å². The highest BCUT2D eigenvalue weighted by molar-refractivity contribution is 9.10. The third kappa shape index (κ3) is 4.27. The van der Waals surface area contributed by atoms with Crippen LogP contribution in [0.15, 0.2) is 53.5 Å². The summed E-state index contributed by atoms with van der Waals surface area (Å²) in [5, 5.41) is 5.25. The summed E-state index contributed by atoms with van der Waals surface area (Å²) in [5.74, 6) is -1.78. The van der Waals surface area contributed by atoms with Crippen molar-refractivity contribution in [2.24, 2.45) is 0 Å². The molecule has 0 radical (unpaired) electrons. The van der Waals surface area contributed by atoms with Gasteiger partial charge >= 0.3 is 0 Å². The molecule has 2 aromatic carbocycles. The van der Waals surface area contributed by atoms with E-state index in [0.717, 1.165) is 14.9 Å².